The number of nitrogens with two attached hydrogens (primary N) is 1. The molecule has 0 saturated heterocycles. The van der Waals surface area contributed by atoms with E-state index < -0.39 is 11.9 Å². The SMILES string of the molecule is CCOc1ccc(CC(C(=O)O)c2ccc(N)cc2)cc1OCC. The second-order valence-corrected chi connectivity index (χ2v) is 5.41. The second kappa shape index (κ2) is 8.24. The van der Waals surface area contributed by atoms with Gasteiger partial charge in [-0.2, -0.15) is 0 Å². The van der Waals surface area contributed by atoms with Crippen molar-refractivity contribution in [1.29, 1.82) is 0 Å². The van der Waals surface area contributed by atoms with Gasteiger partial charge >= 0.3 is 5.97 Å². The van der Waals surface area contributed by atoms with Crippen molar-refractivity contribution in [3.05, 3.63) is 53.6 Å². The van der Waals surface area contributed by atoms with Crippen molar-refractivity contribution in [2.24, 2.45) is 0 Å². The molecule has 0 bridgehead atoms. The molecule has 128 valence electrons. The van der Waals surface area contributed by atoms with Crippen LogP contribution in [0.15, 0.2) is 42.5 Å². The molecule has 5 nitrogen and oxygen atoms in total. The largest absolute Gasteiger partial charge is 0.490 e. The van der Waals surface area contributed by atoms with Gasteiger partial charge in [0, 0.05) is 5.69 Å². The van der Waals surface area contributed by atoms with E-state index in [9.17, 15) is 9.90 Å². The second-order valence-electron chi connectivity index (χ2n) is 5.41. The maximum atomic E-state index is 11.7. The Morgan fingerprint density at radius 1 is 1.04 bits per heavy atom. The number of rotatable bonds is 8. The summed E-state index contributed by atoms with van der Waals surface area (Å²) < 4.78 is 11.1. The molecule has 0 saturated carbocycles. The minimum Gasteiger partial charge on any atom is -0.490 e. The maximum absolute atomic E-state index is 11.7. The number of hydrogen-bond acceptors (Lipinski definition) is 4. The zero-order chi connectivity index (χ0) is 17.5. The molecule has 1 atom stereocenters. The number of carbonyl (C=O) groups is 1. The number of anilines is 1. The first kappa shape index (κ1) is 17.7. The van der Waals surface area contributed by atoms with E-state index in [1.54, 1.807) is 24.3 Å². The third-order valence-corrected chi connectivity index (χ3v) is 3.68. The van der Waals surface area contributed by atoms with Gasteiger partial charge in [-0.05, 0) is 55.7 Å². The first-order chi connectivity index (χ1) is 11.5. The molecule has 3 N–H and O–H groups in total. The highest BCUT2D eigenvalue weighted by Crippen LogP contribution is 2.31. The summed E-state index contributed by atoms with van der Waals surface area (Å²) in [5.74, 6) is -0.203. The number of benzene rings is 2. The van der Waals surface area contributed by atoms with Crippen molar-refractivity contribution < 1.29 is 19.4 Å². The standard InChI is InChI=1S/C19H23NO4/c1-3-23-17-10-5-13(12-18(17)24-4-2)11-16(19(21)22)14-6-8-15(20)9-7-14/h5-10,12,16H,3-4,11,20H2,1-2H3,(H,21,22). The minimum absolute atomic E-state index is 0.367. The fourth-order valence-corrected chi connectivity index (χ4v) is 2.53. The third kappa shape index (κ3) is 4.41. The molecule has 0 aliphatic rings. The maximum Gasteiger partial charge on any atom is 0.311 e. The Kier molecular flexibility index (Phi) is 6.07. The Hall–Kier alpha value is -2.69. The Balaban J connectivity index is 2.27. The number of carboxylic acids is 1. The van der Waals surface area contributed by atoms with Gasteiger partial charge in [0.1, 0.15) is 0 Å². The minimum atomic E-state index is -0.869. The van der Waals surface area contributed by atoms with Crippen molar-refractivity contribution in [3.8, 4) is 11.5 Å². The molecule has 0 aromatic heterocycles. The van der Waals surface area contributed by atoms with E-state index in [-0.39, 0.29) is 0 Å². The predicted molar refractivity (Wildman–Crippen MR) is 93.7 cm³/mol. The highest BCUT2D eigenvalue weighted by molar-refractivity contribution is 5.76. The summed E-state index contributed by atoms with van der Waals surface area (Å²) in [7, 11) is 0. The molecule has 2 aromatic rings. The van der Waals surface area contributed by atoms with E-state index in [1.807, 2.05) is 32.0 Å². The Morgan fingerprint density at radius 3 is 2.25 bits per heavy atom. The molecule has 0 aliphatic carbocycles. The topological polar surface area (TPSA) is 81.8 Å². The number of nitrogen functional groups attached to an aromatic ring is 1. The molecule has 0 fully saturated rings. The fourth-order valence-electron chi connectivity index (χ4n) is 2.53. The van der Waals surface area contributed by atoms with E-state index in [0.717, 1.165) is 11.1 Å². The average molecular weight is 329 g/mol. The lowest BCUT2D eigenvalue weighted by atomic mass is 9.92. The van der Waals surface area contributed by atoms with Crippen LogP contribution < -0.4 is 15.2 Å². The zero-order valence-electron chi connectivity index (χ0n) is 14.0. The predicted octanol–water partition coefficient (Wildman–Crippen LogP) is 3.48. The van der Waals surface area contributed by atoms with Gasteiger partial charge < -0.3 is 20.3 Å². The van der Waals surface area contributed by atoms with Gasteiger partial charge in [0.15, 0.2) is 11.5 Å². The molecule has 2 rings (SSSR count). The van der Waals surface area contributed by atoms with E-state index >= 15 is 0 Å². The van der Waals surface area contributed by atoms with Crippen molar-refractivity contribution in [2.45, 2.75) is 26.2 Å². The quantitative estimate of drug-likeness (QED) is 0.725. The van der Waals surface area contributed by atoms with E-state index in [2.05, 4.69) is 0 Å². The number of ether oxygens (including phenoxy) is 2. The molecule has 5 heteroatoms. The fraction of sp³-hybridized carbons (Fsp3) is 0.316. The Morgan fingerprint density at radius 2 is 1.67 bits per heavy atom. The van der Waals surface area contributed by atoms with Gasteiger partial charge in [0.05, 0.1) is 19.1 Å². The Labute approximate surface area is 142 Å². The van der Waals surface area contributed by atoms with Gasteiger partial charge in [-0.15, -0.1) is 0 Å². The highest BCUT2D eigenvalue weighted by atomic mass is 16.5. The van der Waals surface area contributed by atoms with Crippen LogP contribution >= 0.6 is 0 Å². The van der Waals surface area contributed by atoms with Gasteiger partial charge in [0.25, 0.3) is 0 Å². The first-order valence-electron chi connectivity index (χ1n) is 8.01. The molecule has 2 aromatic carbocycles. The molecule has 1 unspecified atom stereocenters. The number of aliphatic carboxylic acids is 1. The van der Waals surface area contributed by atoms with Crippen LogP contribution in [0.1, 0.15) is 30.9 Å². The zero-order valence-corrected chi connectivity index (χ0v) is 14.0. The molecule has 0 amide bonds. The van der Waals surface area contributed by atoms with Crippen LogP contribution in [0.3, 0.4) is 0 Å². The monoisotopic (exact) mass is 329 g/mol. The summed E-state index contributed by atoms with van der Waals surface area (Å²) in [6.45, 7) is 4.87. The summed E-state index contributed by atoms with van der Waals surface area (Å²) in [6.07, 6.45) is 0.367. The average Bonchev–Trinajstić information content (AvgIpc) is 2.56. The molecule has 0 spiro atoms. The summed E-state index contributed by atoms with van der Waals surface area (Å²) in [5.41, 5.74) is 7.90. The Bertz CT molecular complexity index is 682. The molecule has 24 heavy (non-hydrogen) atoms. The lowest BCUT2D eigenvalue weighted by Gasteiger charge is -2.16. The van der Waals surface area contributed by atoms with Gasteiger partial charge in [-0.1, -0.05) is 18.2 Å². The van der Waals surface area contributed by atoms with Crippen LogP contribution in [0.2, 0.25) is 0 Å². The van der Waals surface area contributed by atoms with Gasteiger partial charge in [0.2, 0.25) is 0 Å². The first-order valence-corrected chi connectivity index (χ1v) is 8.01. The third-order valence-electron chi connectivity index (χ3n) is 3.68. The molecular weight excluding hydrogens is 306 g/mol. The summed E-state index contributed by atoms with van der Waals surface area (Å²) in [5, 5.41) is 9.58. The highest BCUT2D eigenvalue weighted by Gasteiger charge is 2.21. The lowest BCUT2D eigenvalue weighted by molar-refractivity contribution is -0.138. The van der Waals surface area contributed by atoms with Crippen molar-refractivity contribution in [1.82, 2.24) is 0 Å². The number of hydrogen-bond donors (Lipinski definition) is 2. The smallest absolute Gasteiger partial charge is 0.311 e. The van der Waals surface area contributed by atoms with E-state index in [0.29, 0.717) is 36.8 Å². The number of carboxylic acid groups (broad SMARTS) is 1. The summed E-state index contributed by atoms with van der Waals surface area (Å²) in [6, 6.07) is 12.5. The molecule has 0 radical (unpaired) electrons. The van der Waals surface area contributed by atoms with Gasteiger partial charge in [-0.3, -0.25) is 4.79 Å². The van der Waals surface area contributed by atoms with Crippen LogP contribution in [0.25, 0.3) is 0 Å². The van der Waals surface area contributed by atoms with E-state index in [4.69, 9.17) is 15.2 Å². The summed E-state index contributed by atoms with van der Waals surface area (Å²) >= 11 is 0. The normalized spacial score (nSPS) is 11.8. The summed E-state index contributed by atoms with van der Waals surface area (Å²) in [4.78, 5) is 11.7. The van der Waals surface area contributed by atoms with Crippen molar-refractivity contribution in [3.63, 3.8) is 0 Å². The van der Waals surface area contributed by atoms with Crippen molar-refractivity contribution in [2.75, 3.05) is 18.9 Å². The lowest BCUT2D eigenvalue weighted by Crippen LogP contribution is -2.14. The van der Waals surface area contributed by atoms with E-state index in [1.165, 1.54) is 0 Å². The van der Waals surface area contributed by atoms with Crippen LogP contribution in [0, 0.1) is 0 Å². The molecule has 0 heterocycles. The van der Waals surface area contributed by atoms with Crippen LogP contribution in [0.4, 0.5) is 5.69 Å². The van der Waals surface area contributed by atoms with Crippen LogP contribution in [0.5, 0.6) is 11.5 Å². The van der Waals surface area contributed by atoms with Gasteiger partial charge in [-0.25, -0.2) is 0 Å². The van der Waals surface area contributed by atoms with Crippen molar-refractivity contribution >= 4 is 11.7 Å². The molecular formula is C19H23NO4. The van der Waals surface area contributed by atoms with Crippen LogP contribution in [-0.2, 0) is 11.2 Å². The molecule has 0 aliphatic heterocycles. The van der Waals surface area contributed by atoms with Crippen LogP contribution in [-0.4, -0.2) is 24.3 Å².